The van der Waals surface area contributed by atoms with Crippen LogP contribution in [0.3, 0.4) is 0 Å². The minimum atomic E-state index is -0.488. The molecule has 0 amide bonds. The van der Waals surface area contributed by atoms with Crippen molar-refractivity contribution >= 4 is 13.4 Å². The van der Waals surface area contributed by atoms with Crippen LogP contribution in [-0.2, 0) is 4.79 Å². The van der Waals surface area contributed by atoms with Crippen LogP contribution < -0.4 is 0 Å². The van der Waals surface area contributed by atoms with Crippen molar-refractivity contribution in [1.82, 2.24) is 0 Å². The van der Waals surface area contributed by atoms with Crippen LogP contribution in [0.4, 0.5) is 0 Å². The summed E-state index contributed by atoms with van der Waals surface area (Å²) in [5.41, 5.74) is 0.284. The van der Waals surface area contributed by atoms with Crippen LogP contribution in [0.25, 0.3) is 0 Å². The molecule has 0 rings (SSSR count). The molecule has 0 heterocycles. The largest absolute Gasteiger partial charge is 0.294 e. The van der Waals surface area contributed by atoms with E-state index in [1.165, 1.54) is 0 Å². The van der Waals surface area contributed by atoms with Crippen molar-refractivity contribution in [3.63, 3.8) is 0 Å². The summed E-state index contributed by atoms with van der Waals surface area (Å²) in [4.78, 5) is 12.1. The molecule has 0 spiro atoms. The first-order chi connectivity index (χ1) is 5.60. The van der Waals surface area contributed by atoms with E-state index < -0.39 is 7.92 Å². The molecule has 0 aromatic carbocycles. The second-order valence-electron chi connectivity index (χ2n) is 5.47. The third-order valence-electron chi connectivity index (χ3n) is 2.01. The van der Waals surface area contributed by atoms with Crippen molar-refractivity contribution in [3.8, 4) is 0 Å². The molecule has 0 fully saturated rings. The first-order valence-corrected chi connectivity index (χ1v) is 6.45. The minimum Gasteiger partial charge on any atom is -0.294 e. The van der Waals surface area contributed by atoms with Gasteiger partial charge in [0, 0.05) is 5.41 Å². The van der Waals surface area contributed by atoms with E-state index in [1.54, 1.807) is 0 Å². The molecule has 1 atom stereocenters. The van der Waals surface area contributed by atoms with Crippen LogP contribution in [-0.4, -0.2) is 16.8 Å². The lowest BCUT2D eigenvalue weighted by atomic mass is 9.99. The van der Waals surface area contributed by atoms with Gasteiger partial charge in [-0.15, -0.1) is 0 Å². The maximum absolute atomic E-state index is 12.1. The van der Waals surface area contributed by atoms with E-state index >= 15 is 0 Å². The molecule has 0 saturated heterocycles. The molecule has 0 bridgehead atoms. The van der Waals surface area contributed by atoms with Gasteiger partial charge < -0.3 is 0 Å². The van der Waals surface area contributed by atoms with Crippen LogP contribution in [0.15, 0.2) is 0 Å². The van der Waals surface area contributed by atoms with Gasteiger partial charge in [-0.05, 0) is 19.2 Å². The Kier molecular flexibility index (Phi) is 4.12. The highest BCUT2D eigenvalue weighted by atomic mass is 31.1. The second kappa shape index (κ2) is 4.09. The van der Waals surface area contributed by atoms with Gasteiger partial charge >= 0.3 is 0 Å². The van der Waals surface area contributed by atoms with Crippen LogP contribution >= 0.6 is 7.92 Å². The monoisotopic (exact) mass is 202 g/mol. The predicted molar refractivity (Wildman–Crippen MR) is 61.7 cm³/mol. The number of carbonyl (C=O) groups is 1. The number of hydrogen-bond acceptors (Lipinski definition) is 1. The summed E-state index contributed by atoms with van der Waals surface area (Å²) in [6.45, 7) is 14.7. The van der Waals surface area contributed by atoms with Gasteiger partial charge in [0.25, 0.3) is 0 Å². The summed E-state index contributed by atoms with van der Waals surface area (Å²) in [5, 5.41) is 0.161. The summed E-state index contributed by atoms with van der Waals surface area (Å²) in [6, 6.07) is 0. The van der Waals surface area contributed by atoms with Crippen LogP contribution in [0.5, 0.6) is 0 Å². The topological polar surface area (TPSA) is 17.1 Å². The summed E-state index contributed by atoms with van der Waals surface area (Å²) in [5.74, 6) is 0. The highest BCUT2D eigenvalue weighted by Crippen LogP contribution is 2.53. The lowest BCUT2D eigenvalue weighted by molar-refractivity contribution is -0.118. The van der Waals surface area contributed by atoms with Gasteiger partial charge in [0.05, 0.1) is 0 Å². The van der Waals surface area contributed by atoms with Gasteiger partial charge in [-0.2, -0.15) is 0 Å². The normalized spacial score (nSPS) is 15.6. The molecular weight excluding hydrogens is 179 g/mol. The first kappa shape index (κ1) is 13.1. The van der Waals surface area contributed by atoms with Crippen molar-refractivity contribution in [1.29, 1.82) is 0 Å². The standard InChI is InChI=1S/C11H23OP/c1-8-13(11(5,6)7)9(12)10(2,3)4/h8H2,1-7H3. The zero-order valence-electron chi connectivity index (χ0n) is 10.1. The van der Waals surface area contributed by atoms with E-state index in [4.69, 9.17) is 0 Å². The summed E-state index contributed by atoms with van der Waals surface area (Å²) >= 11 is 0. The summed E-state index contributed by atoms with van der Waals surface area (Å²) < 4.78 is 0. The molecule has 0 aliphatic carbocycles. The van der Waals surface area contributed by atoms with Crippen molar-refractivity contribution < 1.29 is 4.79 Å². The number of rotatable bonds is 2. The Bertz CT molecular complexity index is 183. The van der Waals surface area contributed by atoms with E-state index in [0.717, 1.165) is 6.16 Å². The Morgan fingerprint density at radius 2 is 1.46 bits per heavy atom. The Morgan fingerprint density at radius 1 is 1.08 bits per heavy atom. The van der Waals surface area contributed by atoms with Crippen LogP contribution in [0.2, 0.25) is 0 Å². The Balaban J connectivity index is 4.72. The predicted octanol–water partition coefficient (Wildman–Crippen LogP) is 3.86. The smallest absolute Gasteiger partial charge is 0.160 e. The van der Waals surface area contributed by atoms with Gasteiger partial charge in [0.15, 0.2) is 5.52 Å². The number of carbonyl (C=O) groups excluding carboxylic acids is 1. The maximum Gasteiger partial charge on any atom is 0.160 e. The van der Waals surface area contributed by atoms with Gasteiger partial charge in [-0.3, -0.25) is 4.79 Å². The van der Waals surface area contributed by atoms with E-state index in [9.17, 15) is 4.79 Å². The van der Waals surface area contributed by atoms with E-state index in [2.05, 4.69) is 27.7 Å². The Morgan fingerprint density at radius 3 is 1.54 bits per heavy atom. The highest BCUT2D eigenvalue weighted by molar-refractivity contribution is 7.76. The molecule has 1 nitrogen and oxygen atoms in total. The molecule has 0 aliphatic rings. The number of hydrogen-bond donors (Lipinski definition) is 0. The van der Waals surface area contributed by atoms with Crippen LogP contribution in [0, 0.1) is 5.41 Å². The average molecular weight is 202 g/mol. The third-order valence-corrected chi connectivity index (χ3v) is 5.43. The maximum atomic E-state index is 12.1. The van der Waals surface area contributed by atoms with Crippen molar-refractivity contribution in [3.05, 3.63) is 0 Å². The van der Waals surface area contributed by atoms with Crippen LogP contribution in [0.1, 0.15) is 48.5 Å². The summed E-state index contributed by atoms with van der Waals surface area (Å²) in [7, 11) is -0.488. The van der Waals surface area contributed by atoms with Crippen molar-refractivity contribution in [2.45, 2.75) is 53.6 Å². The third kappa shape index (κ3) is 3.77. The quantitative estimate of drug-likeness (QED) is 0.621. The van der Waals surface area contributed by atoms with Gasteiger partial charge in [-0.1, -0.05) is 48.5 Å². The first-order valence-electron chi connectivity index (χ1n) is 4.92. The zero-order valence-corrected chi connectivity index (χ0v) is 11.0. The molecule has 1 unspecified atom stereocenters. The zero-order chi connectivity index (χ0) is 10.9. The Labute approximate surface area is 84.0 Å². The SMILES string of the molecule is CCP(C(=O)C(C)(C)C)C(C)(C)C. The fraction of sp³-hybridized carbons (Fsp3) is 0.909. The van der Waals surface area contributed by atoms with E-state index in [-0.39, 0.29) is 10.6 Å². The molecule has 2 heteroatoms. The summed E-state index contributed by atoms with van der Waals surface area (Å²) in [6.07, 6.45) is 1.01. The lowest BCUT2D eigenvalue weighted by Crippen LogP contribution is -2.26. The molecule has 0 radical (unpaired) electrons. The van der Waals surface area contributed by atoms with Gasteiger partial charge in [-0.25, -0.2) is 0 Å². The van der Waals surface area contributed by atoms with Gasteiger partial charge in [0.1, 0.15) is 0 Å². The molecule has 0 N–H and O–H groups in total. The van der Waals surface area contributed by atoms with E-state index in [0.29, 0.717) is 5.52 Å². The minimum absolute atomic E-state index is 0.161. The molecule has 13 heavy (non-hydrogen) atoms. The molecule has 0 aromatic rings. The second-order valence-corrected chi connectivity index (χ2v) is 8.71. The molecule has 0 saturated carbocycles. The molecule has 78 valence electrons. The molecular formula is C11H23OP. The average Bonchev–Trinajstić information content (AvgIpc) is 1.83. The van der Waals surface area contributed by atoms with Crippen molar-refractivity contribution in [2.24, 2.45) is 5.41 Å². The Hall–Kier alpha value is 0.100. The van der Waals surface area contributed by atoms with E-state index in [1.807, 2.05) is 20.8 Å². The molecule has 0 aromatic heterocycles. The highest BCUT2D eigenvalue weighted by Gasteiger charge is 2.35. The lowest BCUT2D eigenvalue weighted by Gasteiger charge is -2.33. The van der Waals surface area contributed by atoms with Crippen molar-refractivity contribution in [2.75, 3.05) is 6.16 Å². The van der Waals surface area contributed by atoms with Gasteiger partial charge in [0.2, 0.25) is 0 Å². The fourth-order valence-corrected chi connectivity index (χ4v) is 3.98. The fourth-order valence-electron chi connectivity index (χ4n) is 1.33. The molecule has 0 aliphatic heterocycles.